The van der Waals surface area contributed by atoms with Gasteiger partial charge in [0.15, 0.2) is 0 Å². The van der Waals surface area contributed by atoms with E-state index in [0.717, 1.165) is 6.20 Å². The van der Waals surface area contributed by atoms with E-state index >= 15 is 0 Å². The number of hydrogen-bond donors (Lipinski definition) is 0. The Kier molecular flexibility index (Phi) is 2.45. The van der Waals surface area contributed by atoms with Crippen molar-refractivity contribution in [1.29, 1.82) is 0 Å². The average molecular weight is 192 g/mol. The van der Waals surface area contributed by atoms with Crippen LogP contribution in [0.4, 0.5) is 18.9 Å². The molecule has 1 heterocycles. The Morgan fingerprint density at radius 3 is 2.54 bits per heavy atom. The van der Waals surface area contributed by atoms with Gasteiger partial charge in [-0.2, -0.15) is 4.39 Å². The van der Waals surface area contributed by atoms with E-state index in [1.54, 1.807) is 0 Å². The van der Waals surface area contributed by atoms with E-state index in [1.165, 1.54) is 0 Å². The average Bonchev–Trinajstić information content (AvgIpc) is 2.02. The van der Waals surface area contributed by atoms with Gasteiger partial charge in [0, 0.05) is 6.20 Å². The molecule has 0 aromatic carbocycles. The standard InChI is InChI=1S/C6H3F3N2O2/c7-5(8)3-1-2-10-6(9)4(3)11(12)13/h1-2,5H. The fourth-order valence-electron chi connectivity index (χ4n) is 0.799. The molecule has 1 aromatic heterocycles. The first-order valence-electron chi connectivity index (χ1n) is 3.11. The van der Waals surface area contributed by atoms with Gasteiger partial charge < -0.3 is 0 Å². The van der Waals surface area contributed by atoms with Gasteiger partial charge in [0.2, 0.25) is 0 Å². The van der Waals surface area contributed by atoms with Crippen LogP contribution in [-0.4, -0.2) is 9.91 Å². The summed E-state index contributed by atoms with van der Waals surface area (Å²) in [5.74, 6) is -1.50. The third kappa shape index (κ3) is 1.74. The van der Waals surface area contributed by atoms with E-state index in [2.05, 4.69) is 4.98 Å². The molecule has 0 aliphatic carbocycles. The first kappa shape index (κ1) is 9.43. The highest BCUT2D eigenvalue weighted by Crippen LogP contribution is 2.29. The van der Waals surface area contributed by atoms with Crippen LogP contribution in [0.2, 0.25) is 0 Å². The summed E-state index contributed by atoms with van der Waals surface area (Å²) in [7, 11) is 0. The molecule has 0 saturated carbocycles. The lowest BCUT2D eigenvalue weighted by molar-refractivity contribution is -0.389. The molecule has 0 fully saturated rings. The topological polar surface area (TPSA) is 56.0 Å². The van der Waals surface area contributed by atoms with Crippen LogP contribution >= 0.6 is 0 Å². The number of aromatic nitrogens is 1. The summed E-state index contributed by atoms with van der Waals surface area (Å²) in [6.45, 7) is 0. The van der Waals surface area contributed by atoms with Crippen LogP contribution in [0.3, 0.4) is 0 Å². The highest BCUT2D eigenvalue weighted by atomic mass is 19.3. The lowest BCUT2D eigenvalue weighted by Gasteiger charge is -2.00. The van der Waals surface area contributed by atoms with E-state index in [1.807, 2.05) is 0 Å². The monoisotopic (exact) mass is 192 g/mol. The third-order valence-electron chi connectivity index (χ3n) is 1.33. The SMILES string of the molecule is O=[N+]([O-])c1c(C(F)F)ccnc1F. The number of pyridine rings is 1. The molecule has 7 heteroatoms. The highest BCUT2D eigenvalue weighted by molar-refractivity contribution is 5.38. The second-order valence-electron chi connectivity index (χ2n) is 2.10. The van der Waals surface area contributed by atoms with Crippen molar-refractivity contribution >= 4 is 5.69 Å². The predicted octanol–water partition coefficient (Wildman–Crippen LogP) is 2.07. The Morgan fingerprint density at radius 1 is 1.54 bits per heavy atom. The molecular weight excluding hydrogens is 189 g/mol. The zero-order valence-corrected chi connectivity index (χ0v) is 6.08. The zero-order valence-electron chi connectivity index (χ0n) is 6.08. The Hall–Kier alpha value is -1.66. The van der Waals surface area contributed by atoms with Gasteiger partial charge in [0.1, 0.15) is 5.56 Å². The van der Waals surface area contributed by atoms with Crippen LogP contribution in [0.1, 0.15) is 12.0 Å². The Morgan fingerprint density at radius 2 is 2.15 bits per heavy atom. The molecule has 0 amide bonds. The van der Waals surface area contributed by atoms with E-state index in [0.29, 0.717) is 6.07 Å². The quantitative estimate of drug-likeness (QED) is 0.409. The van der Waals surface area contributed by atoms with Crippen LogP contribution in [-0.2, 0) is 0 Å². The second kappa shape index (κ2) is 3.38. The van der Waals surface area contributed by atoms with Gasteiger partial charge in [-0.05, 0) is 6.07 Å². The number of halogens is 3. The Labute approximate surface area is 70.2 Å². The van der Waals surface area contributed by atoms with E-state index < -0.39 is 28.5 Å². The molecule has 0 aliphatic heterocycles. The van der Waals surface area contributed by atoms with Crippen molar-refractivity contribution in [3.63, 3.8) is 0 Å². The molecule has 0 atom stereocenters. The van der Waals surface area contributed by atoms with Gasteiger partial charge in [-0.15, -0.1) is 0 Å². The van der Waals surface area contributed by atoms with Crippen molar-refractivity contribution in [2.24, 2.45) is 0 Å². The molecule has 70 valence electrons. The van der Waals surface area contributed by atoms with E-state index in [9.17, 15) is 23.3 Å². The maximum absolute atomic E-state index is 12.6. The molecule has 4 nitrogen and oxygen atoms in total. The largest absolute Gasteiger partial charge is 0.332 e. The second-order valence-corrected chi connectivity index (χ2v) is 2.10. The normalized spacial score (nSPS) is 10.5. The lowest BCUT2D eigenvalue weighted by atomic mass is 10.2. The fraction of sp³-hybridized carbons (Fsp3) is 0.167. The molecular formula is C6H3F3N2O2. The van der Waals surface area contributed by atoms with Gasteiger partial charge in [0.25, 0.3) is 12.4 Å². The van der Waals surface area contributed by atoms with Crippen molar-refractivity contribution in [3.05, 3.63) is 33.9 Å². The van der Waals surface area contributed by atoms with Crippen LogP contribution in [0.25, 0.3) is 0 Å². The molecule has 0 spiro atoms. The zero-order chi connectivity index (χ0) is 10.0. The number of rotatable bonds is 2. The Bertz CT molecular complexity index is 343. The minimum atomic E-state index is -3.09. The summed E-state index contributed by atoms with van der Waals surface area (Å²) >= 11 is 0. The smallest absolute Gasteiger partial charge is 0.258 e. The van der Waals surface area contributed by atoms with E-state index in [-0.39, 0.29) is 0 Å². The molecule has 0 saturated heterocycles. The molecule has 1 aromatic rings. The lowest BCUT2D eigenvalue weighted by Crippen LogP contribution is -2.00. The predicted molar refractivity (Wildman–Crippen MR) is 35.8 cm³/mol. The third-order valence-corrected chi connectivity index (χ3v) is 1.33. The van der Waals surface area contributed by atoms with Gasteiger partial charge in [0.05, 0.1) is 4.92 Å². The van der Waals surface area contributed by atoms with Gasteiger partial charge in [-0.25, -0.2) is 13.8 Å². The minimum absolute atomic E-state index is 0.714. The first-order chi connectivity index (χ1) is 6.04. The van der Waals surface area contributed by atoms with Crippen LogP contribution in [0.5, 0.6) is 0 Å². The van der Waals surface area contributed by atoms with Gasteiger partial charge >= 0.3 is 5.69 Å². The van der Waals surface area contributed by atoms with Crippen LogP contribution < -0.4 is 0 Å². The van der Waals surface area contributed by atoms with Crippen LogP contribution in [0, 0.1) is 16.1 Å². The summed E-state index contributed by atoms with van der Waals surface area (Å²) in [5.41, 5.74) is -2.23. The van der Waals surface area contributed by atoms with Crippen LogP contribution in [0.15, 0.2) is 12.3 Å². The maximum Gasteiger partial charge on any atom is 0.332 e. The van der Waals surface area contributed by atoms with Gasteiger partial charge in [-0.1, -0.05) is 0 Å². The number of hydrogen-bond acceptors (Lipinski definition) is 3. The molecule has 13 heavy (non-hydrogen) atoms. The molecule has 0 N–H and O–H groups in total. The van der Waals surface area contributed by atoms with E-state index in [4.69, 9.17) is 0 Å². The molecule has 0 unspecified atom stereocenters. The number of nitro groups is 1. The molecule has 0 aliphatic rings. The summed E-state index contributed by atoms with van der Waals surface area (Å²) < 4.78 is 36.7. The van der Waals surface area contributed by atoms with Crippen molar-refractivity contribution in [3.8, 4) is 0 Å². The first-order valence-corrected chi connectivity index (χ1v) is 3.11. The summed E-state index contributed by atoms with van der Waals surface area (Å²) in [6.07, 6.45) is -2.33. The summed E-state index contributed by atoms with van der Waals surface area (Å²) in [4.78, 5) is 11.8. The number of alkyl halides is 2. The summed E-state index contributed by atoms with van der Waals surface area (Å²) in [5, 5.41) is 10.1. The van der Waals surface area contributed by atoms with Crippen molar-refractivity contribution in [2.75, 3.05) is 0 Å². The molecule has 1 rings (SSSR count). The summed E-state index contributed by atoms with van der Waals surface area (Å²) in [6, 6.07) is 0.714. The number of nitrogens with zero attached hydrogens (tertiary/aromatic N) is 2. The molecule has 0 radical (unpaired) electrons. The maximum atomic E-state index is 12.6. The van der Waals surface area contributed by atoms with Gasteiger partial charge in [-0.3, -0.25) is 10.1 Å². The minimum Gasteiger partial charge on any atom is -0.258 e. The van der Waals surface area contributed by atoms with Crippen molar-refractivity contribution < 1.29 is 18.1 Å². The van der Waals surface area contributed by atoms with Crippen molar-refractivity contribution in [2.45, 2.75) is 6.43 Å². The molecule has 0 bridgehead atoms. The fourth-order valence-corrected chi connectivity index (χ4v) is 0.799. The highest BCUT2D eigenvalue weighted by Gasteiger charge is 2.26. The Balaban J connectivity index is 3.34. The van der Waals surface area contributed by atoms with Crippen molar-refractivity contribution in [1.82, 2.24) is 4.98 Å².